The predicted molar refractivity (Wildman–Crippen MR) is 71.4 cm³/mol. The van der Waals surface area contributed by atoms with Gasteiger partial charge in [-0.05, 0) is 36.2 Å². The highest BCUT2D eigenvalue weighted by Crippen LogP contribution is 2.17. The van der Waals surface area contributed by atoms with Gasteiger partial charge in [-0.1, -0.05) is 6.92 Å². The molecule has 2 N–H and O–H groups in total. The number of rotatable bonds is 5. The molecule has 1 atom stereocenters. The van der Waals surface area contributed by atoms with Crippen molar-refractivity contribution in [2.75, 3.05) is 11.9 Å². The maximum Gasteiger partial charge on any atom is 0.283 e. The van der Waals surface area contributed by atoms with Crippen LogP contribution in [0, 0.1) is 0 Å². The Morgan fingerprint density at radius 1 is 1.59 bits per heavy atom. The van der Waals surface area contributed by atoms with E-state index >= 15 is 0 Å². The van der Waals surface area contributed by atoms with E-state index in [1.54, 1.807) is 6.20 Å². The van der Waals surface area contributed by atoms with Crippen LogP contribution in [-0.4, -0.2) is 27.5 Å². The van der Waals surface area contributed by atoms with E-state index in [1.165, 1.54) is 4.68 Å². The number of hydrogen-bond acceptors (Lipinski definition) is 4. The van der Waals surface area contributed by atoms with Crippen LogP contribution in [-0.2, 0) is 0 Å². The van der Waals surface area contributed by atoms with E-state index in [4.69, 9.17) is 0 Å². The number of nitrogens with one attached hydrogen (secondary N) is 1. The number of aliphatic hydroxyl groups excluding tert-OH is 1. The molecule has 96 valence electrons. The van der Waals surface area contributed by atoms with Crippen LogP contribution in [0.2, 0.25) is 0 Å². The quantitative estimate of drug-likeness (QED) is 0.870. The van der Waals surface area contributed by atoms with E-state index in [2.05, 4.69) is 26.3 Å². The Bertz CT molecular complexity index is 431. The molecule has 0 aliphatic rings. The molecule has 0 bridgehead atoms. The van der Waals surface area contributed by atoms with Crippen LogP contribution >= 0.6 is 15.9 Å². The fourth-order valence-corrected chi connectivity index (χ4v) is 1.73. The molecule has 1 aromatic heterocycles. The van der Waals surface area contributed by atoms with E-state index in [-0.39, 0.29) is 11.6 Å². The summed E-state index contributed by atoms with van der Waals surface area (Å²) in [6, 6.07) is 0.0223. The van der Waals surface area contributed by atoms with Gasteiger partial charge in [0.05, 0.1) is 24.0 Å². The largest absolute Gasteiger partial charge is 0.391 e. The molecule has 5 nitrogen and oxygen atoms in total. The first kappa shape index (κ1) is 14.2. The molecule has 0 amide bonds. The zero-order chi connectivity index (χ0) is 13.0. The fourth-order valence-electron chi connectivity index (χ4n) is 1.31. The maximum atomic E-state index is 11.9. The van der Waals surface area contributed by atoms with Crippen molar-refractivity contribution in [3.63, 3.8) is 0 Å². The highest BCUT2D eigenvalue weighted by molar-refractivity contribution is 9.10. The van der Waals surface area contributed by atoms with Crippen LogP contribution < -0.4 is 10.9 Å². The number of nitrogens with zero attached hydrogens (tertiary/aromatic N) is 2. The SMILES string of the molecule is CCC(O)CNc1cnn(C(C)C)c(=O)c1Br. The third-order valence-electron chi connectivity index (χ3n) is 2.43. The van der Waals surface area contributed by atoms with E-state index in [9.17, 15) is 9.90 Å². The summed E-state index contributed by atoms with van der Waals surface area (Å²) in [7, 11) is 0. The normalized spacial score (nSPS) is 12.8. The van der Waals surface area contributed by atoms with Crippen LogP contribution in [0.25, 0.3) is 0 Å². The smallest absolute Gasteiger partial charge is 0.283 e. The number of hydrogen-bond donors (Lipinski definition) is 2. The third-order valence-corrected chi connectivity index (χ3v) is 3.20. The van der Waals surface area contributed by atoms with E-state index in [0.29, 0.717) is 23.1 Å². The van der Waals surface area contributed by atoms with Crippen molar-refractivity contribution in [1.29, 1.82) is 0 Å². The molecule has 1 heterocycles. The lowest BCUT2D eigenvalue weighted by Gasteiger charge is -2.14. The molecule has 6 heteroatoms. The standard InChI is InChI=1S/C11H18BrN3O2/c1-4-8(16)5-13-9-6-14-15(7(2)3)11(17)10(9)12/h6-8,13,16H,4-5H2,1-3H3. The monoisotopic (exact) mass is 303 g/mol. The molecular weight excluding hydrogens is 286 g/mol. The van der Waals surface area contributed by atoms with Gasteiger partial charge in [-0.15, -0.1) is 0 Å². The molecule has 0 saturated carbocycles. The summed E-state index contributed by atoms with van der Waals surface area (Å²) in [5, 5.41) is 16.5. The minimum atomic E-state index is -0.422. The van der Waals surface area contributed by atoms with Gasteiger partial charge >= 0.3 is 0 Å². The van der Waals surface area contributed by atoms with Gasteiger partial charge < -0.3 is 10.4 Å². The summed E-state index contributed by atoms with van der Waals surface area (Å²) >= 11 is 3.25. The first-order valence-corrected chi connectivity index (χ1v) is 6.45. The van der Waals surface area contributed by atoms with Crippen LogP contribution in [0.1, 0.15) is 33.2 Å². The second-order valence-electron chi connectivity index (χ2n) is 4.16. The number of aliphatic hydroxyl groups is 1. The molecule has 1 rings (SSSR count). The molecule has 0 fully saturated rings. The molecule has 0 radical (unpaired) electrons. The lowest BCUT2D eigenvalue weighted by molar-refractivity contribution is 0.183. The van der Waals surface area contributed by atoms with Crippen molar-refractivity contribution in [1.82, 2.24) is 9.78 Å². The van der Waals surface area contributed by atoms with Gasteiger partial charge in [0, 0.05) is 6.54 Å². The lowest BCUT2D eigenvalue weighted by Crippen LogP contribution is -2.27. The summed E-state index contributed by atoms with van der Waals surface area (Å²) in [6.45, 7) is 6.10. The molecule has 0 aromatic carbocycles. The highest BCUT2D eigenvalue weighted by atomic mass is 79.9. The Kier molecular flexibility index (Phi) is 5.14. The van der Waals surface area contributed by atoms with Gasteiger partial charge in [0.15, 0.2) is 0 Å². The number of halogens is 1. The summed E-state index contributed by atoms with van der Waals surface area (Å²) in [6.07, 6.45) is 1.84. The molecule has 0 spiro atoms. The Hall–Kier alpha value is -0.880. The average molecular weight is 304 g/mol. The van der Waals surface area contributed by atoms with Gasteiger partial charge in [-0.3, -0.25) is 4.79 Å². The Labute approximate surface area is 109 Å². The second-order valence-corrected chi connectivity index (χ2v) is 4.95. The molecule has 0 aliphatic heterocycles. The predicted octanol–water partition coefficient (Wildman–Crippen LogP) is 1.77. The average Bonchev–Trinajstić information content (AvgIpc) is 2.30. The van der Waals surface area contributed by atoms with Crippen LogP contribution in [0.15, 0.2) is 15.5 Å². The molecule has 1 aromatic rings. The zero-order valence-corrected chi connectivity index (χ0v) is 11.9. The topological polar surface area (TPSA) is 67.2 Å². The summed E-state index contributed by atoms with van der Waals surface area (Å²) in [4.78, 5) is 11.9. The molecule has 0 aliphatic carbocycles. The lowest BCUT2D eigenvalue weighted by atomic mass is 10.3. The van der Waals surface area contributed by atoms with Gasteiger partial charge in [0.2, 0.25) is 0 Å². The fraction of sp³-hybridized carbons (Fsp3) is 0.636. The third kappa shape index (κ3) is 3.54. The first-order valence-electron chi connectivity index (χ1n) is 5.66. The number of aromatic nitrogens is 2. The van der Waals surface area contributed by atoms with Gasteiger partial charge in [0.25, 0.3) is 5.56 Å². The van der Waals surface area contributed by atoms with Crippen molar-refractivity contribution in [3.8, 4) is 0 Å². The molecule has 0 saturated heterocycles. The van der Waals surface area contributed by atoms with E-state index < -0.39 is 6.10 Å². The minimum absolute atomic E-state index is 0.0223. The highest BCUT2D eigenvalue weighted by Gasteiger charge is 2.11. The van der Waals surface area contributed by atoms with Crippen LogP contribution in [0.4, 0.5) is 5.69 Å². The minimum Gasteiger partial charge on any atom is -0.391 e. The van der Waals surface area contributed by atoms with Crippen molar-refractivity contribution in [2.45, 2.75) is 39.3 Å². The number of anilines is 1. The summed E-state index contributed by atoms with van der Waals surface area (Å²) < 4.78 is 1.86. The van der Waals surface area contributed by atoms with Crippen molar-refractivity contribution < 1.29 is 5.11 Å². The van der Waals surface area contributed by atoms with Gasteiger partial charge in [-0.2, -0.15) is 5.10 Å². The van der Waals surface area contributed by atoms with E-state index in [1.807, 2.05) is 20.8 Å². The van der Waals surface area contributed by atoms with Crippen molar-refractivity contribution in [2.24, 2.45) is 0 Å². The Balaban J connectivity index is 2.90. The van der Waals surface area contributed by atoms with Crippen molar-refractivity contribution in [3.05, 3.63) is 21.0 Å². The molecule has 1 unspecified atom stereocenters. The van der Waals surface area contributed by atoms with E-state index in [0.717, 1.165) is 0 Å². The van der Waals surface area contributed by atoms with Gasteiger partial charge in [-0.25, -0.2) is 4.68 Å². The van der Waals surface area contributed by atoms with Crippen molar-refractivity contribution >= 4 is 21.6 Å². The molecular formula is C11H18BrN3O2. The zero-order valence-electron chi connectivity index (χ0n) is 10.3. The summed E-state index contributed by atoms with van der Waals surface area (Å²) in [5.74, 6) is 0. The molecule has 17 heavy (non-hydrogen) atoms. The summed E-state index contributed by atoms with van der Waals surface area (Å²) in [5.41, 5.74) is 0.440. The van der Waals surface area contributed by atoms with Crippen LogP contribution in [0.3, 0.4) is 0 Å². The van der Waals surface area contributed by atoms with Gasteiger partial charge in [0.1, 0.15) is 4.47 Å². The Morgan fingerprint density at radius 2 is 2.24 bits per heavy atom. The second kappa shape index (κ2) is 6.16. The first-order chi connectivity index (χ1) is 7.97. The maximum absolute atomic E-state index is 11.9. The van der Waals surface area contributed by atoms with Crippen LogP contribution in [0.5, 0.6) is 0 Å². The Morgan fingerprint density at radius 3 is 2.76 bits per heavy atom.